The number of carbonyl (C=O) groups is 1. The van der Waals surface area contributed by atoms with Crippen molar-refractivity contribution in [2.24, 2.45) is 0 Å². The van der Waals surface area contributed by atoms with E-state index in [1.54, 1.807) is 18.5 Å². The molecule has 58 valence electrons. The Morgan fingerprint density at radius 1 is 1.58 bits per heavy atom. The Balaban J connectivity index is 0.000000261. The van der Waals surface area contributed by atoms with Crippen molar-refractivity contribution in [2.75, 3.05) is 0 Å². The molecular formula is C8H8LiNO2. The van der Waals surface area contributed by atoms with E-state index in [1.165, 1.54) is 0 Å². The fourth-order valence-corrected chi connectivity index (χ4v) is 0.500. The SMILES string of the molecule is C=Cc1ccncc1.[Li][C](=O)O. The number of nitrogens with zero attached hydrogens (tertiary/aromatic N) is 1. The molecule has 0 aliphatic rings. The van der Waals surface area contributed by atoms with E-state index in [0.29, 0.717) is 0 Å². The van der Waals surface area contributed by atoms with E-state index in [0.717, 1.165) is 23.3 Å². The molecule has 0 fully saturated rings. The third-order valence-electron chi connectivity index (χ3n) is 0.942. The van der Waals surface area contributed by atoms with Gasteiger partial charge in [0.1, 0.15) is 0 Å². The molecule has 0 saturated carbocycles. The Bertz CT molecular complexity index is 244. The van der Waals surface area contributed by atoms with Gasteiger partial charge >= 0.3 is 32.3 Å². The first-order valence-corrected chi connectivity index (χ1v) is 3.39. The summed E-state index contributed by atoms with van der Waals surface area (Å²) in [5.41, 5.74) is 1.11. The summed E-state index contributed by atoms with van der Waals surface area (Å²) in [6, 6.07) is 3.82. The summed E-state index contributed by atoms with van der Waals surface area (Å²) in [6.07, 6.45) is 5.29. The molecule has 0 atom stereocenters. The zero-order valence-corrected chi connectivity index (χ0v) is 6.90. The van der Waals surface area contributed by atoms with Crippen LogP contribution in [0.15, 0.2) is 31.1 Å². The van der Waals surface area contributed by atoms with Crippen LogP contribution in [0.4, 0.5) is 4.79 Å². The predicted molar refractivity (Wildman–Crippen MR) is 48.1 cm³/mol. The Kier molecular flexibility index (Phi) is 6.08. The number of carboxylic acid groups (broad SMARTS) is 1. The molecule has 0 unspecified atom stereocenters. The zero-order valence-electron chi connectivity index (χ0n) is 6.90. The maximum atomic E-state index is 9.00. The van der Waals surface area contributed by atoms with Crippen molar-refractivity contribution in [3.8, 4) is 0 Å². The van der Waals surface area contributed by atoms with Crippen molar-refractivity contribution in [3.05, 3.63) is 36.7 Å². The number of aromatic nitrogens is 1. The third kappa shape index (κ3) is 7.07. The van der Waals surface area contributed by atoms with Crippen LogP contribution in [-0.4, -0.2) is 32.4 Å². The molecular weight excluding hydrogens is 149 g/mol. The maximum absolute atomic E-state index is 9.00. The van der Waals surface area contributed by atoms with Crippen molar-refractivity contribution in [2.45, 2.75) is 0 Å². The summed E-state index contributed by atoms with van der Waals surface area (Å²) >= 11 is 1.08. The molecule has 0 aromatic carbocycles. The van der Waals surface area contributed by atoms with E-state index >= 15 is 0 Å². The summed E-state index contributed by atoms with van der Waals surface area (Å²) in [7, 11) is 0. The van der Waals surface area contributed by atoms with E-state index in [4.69, 9.17) is 9.90 Å². The molecule has 0 aliphatic heterocycles. The fourth-order valence-electron chi connectivity index (χ4n) is 0.500. The Morgan fingerprint density at radius 3 is 2.25 bits per heavy atom. The number of hydrogen-bond acceptors (Lipinski definition) is 2. The van der Waals surface area contributed by atoms with Crippen molar-refractivity contribution in [1.29, 1.82) is 0 Å². The zero-order chi connectivity index (χ0) is 9.40. The fraction of sp³-hybridized carbons (Fsp3) is 0. The second-order valence-electron chi connectivity index (χ2n) is 2.00. The molecule has 0 saturated heterocycles. The second-order valence-corrected chi connectivity index (χ2v) is 2.00. The first-order chi connectivity index (χ1) is 5.66. The minimum absolute atomic E-state index is 0.833. The molecule has 1 rings (SSSR count). The van der Waals surface area contributed by atoms with Gasteiger partial charge in [0.25, 0.3) is 0 Å². The number of pyridine rings is 1. The van der Waals surface area contributed by atoms with E-state index in [-0.39, 0.29) is 0 Å². The van der Waals surface area contributed by atoms with Crippen LogP contribution in [0.3, 0.4) is 0 Å². The number of hydrogen-bond donors (Lipinski definition) is 1. The van der Waals surface area contributed by atoms with Gasteiger partial charge in [-0.1, -0.05) is 12.7 Å². The topological polar surface area (TPSA) is 50.2 Å². The van der Waals surface area contributed by atoms with Gasteiger partial charge in [-0.25, -0.2) is 0 Å². The molecule has 0 aliphatic carbocycles. The summed E-state index contributed by atoms with van der Waals surface area (Å²) in [5.74, 6) is 0. The molecule has 0 amide bonds. The van der Waals surface area contributed by atoms with Crippen molar-refractivity contribution in [3.63, 3.8) is 0 Å². The molecule has 0 radical (unpaired) electrons. The summed E-state index contributed by atoms with van der Waals surface area (Å²) < 4.78 is -0.833. The van der Waals surface area contributed by atoms with Crippen LogP contribution in [0.2, 0.25) is 0 Å². The van der Waals surface area contributed by atoms with Crippen LogP contribution in [-0.2, 0) is 0 Å². The van der Waals surface area contributed by atoms with Crippen LogP contribution in [0.5, 0.6) is 0 Å². The molecule has 0 bridgehead atoms. The van der Waals surface area contributed by atoms with Gasteiger partial charge in [-0.05, 0) is 17.7 Å². The summed E-state index contributed by atoms with van der Waals surface area (Å²) in [5, 5.41) is 7.42. The molecule has 12 heavy (non-hydrogen) atoms. The average Bonchev–Trinajstić information content (AvgIpc) is 2.05. The first kappa shape index (κ1) is 11.0. The van der Waals surface area contributed by atoms with Gasteiger partial charge in [0.15, 0.2) is 0 Å². The van der Waals surface area contributed by atoms with Crippen molar-refractivity contribution >= 4 is 28.4 Å². The van der Waals surface area contributed by atoms with E-state index < -0.39 is 4.64 Å². The van der Waals surface area contributed by atoms with E-state index in [9.17, 15) is 0 Å². The summed E-state index contributed by atoms with van der Waals surface area (Å²) in [6.45, 7) is 3.60. The van der Waals surface area contributed by atoms with Crippen LogP contribution >= 0.6 is 0 Å². The van der Waals surface area contributed by atoms with Gasteiger partial charge in [-0.15, -0.1) is 0 Å². The van der Waals surface area contributed by atoms with Crippen molar-refractivity contribution in [1.82, 2.24) is 4.98 Å². The Morgan fingerprint density at radius 2 is 2.00 bits per heavy atom. The molecule has 1 aromatic rings. The third-order valence-corrected chi connectivity index (χ3v) is 0.942. The van der Waals surface area contributed by atoms with Crippen molar-refractivity contribution < 1.29 is 9.90 Å². The van der Waals surface area contributed by atoms with E-state index in [2.05, 4.69) is 11.6 Å². The quantitative estimate of drug-likeness (QED) is 0.629. The molecule has 4 heteroatoms. The van der Waals surface area contributed by atoms with Crippen LogP contribution in [0.1, 0.15) is 5.56 Å². The van der Waals surface area contributed by atoms with Gasteiger partial charge in [0.05, 0.1) is 0 Å². The van der Waals surface area contributed by atoms with Gasteiger partial charge in [0, 0.05) is 12.4 Å². The average molecular weight is 157 g/mol. The summed E-state index contributed by atoms with van der Waals surface area (Å²) in [4.78, 5) is 12.8. The molecule has 1 aromatic heterocycles. The Hall–Kier alpha value is -1.04. The normalized spacial score (nSPS) is 7.83. The van der Waals surface area contributed by atoms with Crippen LogP contribution < -0.4 is 0 Å². The standard InChI is InChI=1S/C7H7N.CHO2.Li/c1-2-7-3-5-8-6-4-7;2-1-3;/h2-6H,1H2;(H,2,3);. The molecule has 0 spiro atoms. The number of rotatable bonds is 1. The van der Waals surface area contributed by atoms with Gasteiger partial charge in [0.2, 0.25) is 0 Å². The van der Waals surface area contributed by atoms with E-state index in [1.807, 2.05) is 12.1 Å². The van der Waals surface area contributed by atoms with Gasteiger partial charge < -0.3 is 0 Å². The van der Waals surface area contributed by atoms with Gasteiger partial charge in [-0.2, -0.15) is 0 Å². The molecule has 1 heterocycles. The minimum atomic E-state index is -0.833. The molecule has 3 nitrogen and oxygen atoms in total. The monoisotopic (exact) mass is 157 g/mol. The second kappa shape index (κ2) is 6.65. The molecule has 1 N–H and O–H groups in total. The Labute approximate surface area is 80.3 Å². The van der Waals surface area contributed by atoms with Crippen LogP contribution in [0.25, 0.3) is 6.08 Å². The van der Waals surface area contributed by atoms with Gasteiger partial charge in [-0.3, -0.25) is 4.98 Å². The first-order valence-electron chi connectivity index (χ1n) is 3.39. The van der Waals surface area contributed by atoms with Crippen LogP contribution in [0, 0.1) is 0 Å². The predicted octanol–water partition coefficient (Wildman–Crippen LogP) is 1.56.